The number of nitrogens with one attached hydrogen (secondary N) is 1. The van der Waals surface area contributed by atoms with E-state index in [1.165, 1.54) is 4.90 Å². The van der Waals surface area contributed by atoms with Gasteiger partial charge in [0.15, 0.2) is 12.4 Å². The number of carbonyl (C=O) groups is 1. The van der Waals surface area contributed by atoms with Crippen molar-refractivity contribution in [3.63, 3.8) is 0 Å². The van der Waals surface area contributed by atoms with Gasteiger partial charge in [0.25, 0.3) is 5.91 Å². The SMILES string of the molecule is CCCC[NH+](CCCC)Cn1c(O)c(N=NC(=O)c2ccc(C)cc2)c2cc(Br)ccc21. The highest BCUT2D eigenvalue weighted by Gasteiger charge is 2.21. The van der Waals surface area contributed by atoms with E-state index in [1.807, 2.05) is 41.8 Å². The number of benzene rings is 2. The molecule has 1 heterocycles. The molecule has 0 radical (unpaired) electrons. The number of amides is 1. The minimum absolute atomic E-state index is 0.0454. The van der Waals surface area contributed by atoms with Crippen LogP contribution < -0.4 is 4.90 Å². The molecule has 1 aromatic heterocycles. The monoisotopic (exact) mass is 499 g/mol. The van der Waals surface area contributed by atoms with Crippen molar-refractivity contribution in [2.75, 3.05) is 13.1 Å². The van der Waals surface area contributed by atoms with Crippen LogP contribution in [0.3, 0.4) is 0 Å². The smallest absolute Gasteiger partial charge is 0.295 e. The third kappa shape index (κ3) is 5.84. The first-order valence-corrected chi connectivity index (χ1v) is 12.1. The standard InChI is InChI=1S/C25H31BrN4O2/c1-4-6-14-29(15-7-5-2)17-30-22-13-12-20(26)16-21(22)23(25(30)32)27-28-24(31)19-10-8-18(3)9-11-19/h8-13,16,32H,4-7,14-15,17H2,1-3H3/p+1. The van der Waals surface area contributed by atoms with E-state index in [1.54, 1.807) is 12.1 Å². The summed E-state index contributed by atoms with van der Waals surface area (Å²) in [7, 11) is 0. The number of carbonyl (C=O) groups excluding carboxylic acids is 1. The lowest BCUT2D eigenvalue weighted by atomic mass is 10.1. The molecule has 3 aromatic rings. The quantitative estimate of drug-likeness (QED) is 0.346. The molecule has 0 saturated heterocycles. The Hall–Kier alpha value is -2.51. The van der Waals surface area contributed by atoms with Gasteiger partial charge >= 0.3 is 0 Å². The number of aromatic hydroxyl groups is 1. The van der Waals surface area contributed by atoms with Crippen LogP contribution in [0.4, 0.5) is 5.69 Å². The van der Waals surface area contributed by atoms with E-state index < -0.39 is 5.91 Å². The molecule has 2 aromatic carbocycles. The molecule has 32 heavy (non-hydrogen) atoms. The van der Waals surface area contributed by atoms with Crippen LogP contribution in [0.15, 0.2) is 57.2 Å². The van der Waals surface area contributed by atoms with Crippen LogP contribution in [0.1, 0.15) is 55.5 Å². The number of nitrogens with zero attached hydrogens (tertiary/aromatic N) is 3. The lowest BCUT2D eigenvalue weighted by Gasteiger charge is -2.20. The Bertz CT molecular complexity index is 1080. The van der Waals surface area contributed by atoms with Crippen molar-refractivity contribution in [3.05, 3.63) is 58.1 Å². The van der Waals surface area contributed by atoms with Gasteiger partial charge in [-0.2, -0.15) is 0 Å². The topological polar surface area (TPSA) is 71.4 Å². The zero-order chi connectivity index (χ0) is 23.1. The molecule has 0 atom stereocenters. The maximum atomic E-state index is 12.5. The molecule has 0 aliphatic carbocycles. The van der Waals surface area contributed by atoms with Crippen LogP contribution in [0.2, 0.25) is 0 Å². The molecule has 0 fully saturated rings. The number of halogens is 1. The first-order chi connectivity index (χ1) is 15.4. The Morgan fingerprint density at radius 2 is 1.72 bits per heavy atom. The number of hydrogen-bond acceptors (Lipinski definition) is 3. The number of fused-ring (bicyclic) bond motifs is 1. The first kappa shape index (κ1) is 24.1. The maximum absolute atomic E-state index is 12.5. The van der Waals surface area contributed by atoms with Crippen LogP contribution in [-0.4, -0.2) is 28.7 Å². The number of aryl methyl sites for hydroxylation is 1. The van der Waals surface area contributed by atoms with E-state index in [0.717, 1.165) is 59.7 Å². The molecule has 7 heteroatoms. The van der Waals surface area contributed by atoms with Crippen LogP contribution in [-0.2, 0) is 6.67 Å². The maximum Gasteiger partial charge on any atom is 0.295 e. The molecule has 0 spiro atoms. The van der Waals surface area contributed by atoms with Crippen molar-refractivity contribution < 1.29 is 14.8 Å². The second-order valence-corrected chi connectivity index (χ2v) is 9.16. The highest BCUT2D eigenvalue weighted by Crippen LogP contribution is 2.39. The Morgan fingerprint density at radius 3 is 2.34 bits per heavy atom. The molecule has 0 saturated carbocycles. The summed E-state index contributed by atoms with van der Waals surface area (Å²) in [6.45, 7) is 9.10. The van der Waals surface area contributed by atoms with E-state index in [4.69, 9.17) is 0 Å². The van der Waals surface area contributed by atoms with E-state index in [0.29, 0.717) is 17.9 Å². The van der Waals surface area contributed by atoms with E-state index in [2.05, 4.69) is 40.0 Å². The summed E-state index contributed by atoms with van der Waals surface area (Å²) in [5.41, 5.74) is 2.75. The number of aromatic nitrogens is 1. The van der Waals surface area contributed by atoms with Gasteiger partial charge in [-0.15, -0.1) is 10.2 Å². The summed E-state index contributed by atoms with van der Waals surface area (Å²) in [6, 6.07) is 13.0. The predicted molar refractivity (Wildman–Crippen MR) is 132 cm³/mol. The summed E-state index contributed by atoms with van der Waals surface area (Å²) in [5, 5.41) is 20.0. The minimum atomic E-state index is -0.432. The van der Waals surface area contributed by atoms with Crippen molar-refractivity contribution in [1.29, 1.82) is 0 Å². The number of quaternary nitrogens is 1. The summed E-state index contributed by atoms with van der Waals surface area (Å²) in [4.78, 5) is 13.9. The van der Waals surface area contributed by atoms with Gasteiger partial charge in [-0.1, -0.05) is 60.3 Å². The van der Waals surface area contributed by atoms with Gasteiger partial charge in [-0.3, -0.25) is 9.36 Å². The Kier molecular flexibility index (Phi) is 8.59. The molecule has 2 N–H and O–H groups in total. The predicted octanol–water partition coefficient (Wildman–Crippen LogP) is 5.78. The third-order valence-electron chi connectivity index (χ3n) is 5.66. The second kappa shape index (κ2) is 11.4. The Balaban J connectivity index is 1.96. The molecule has 0 aliphatic rings. The molecule has 0 unspecified atom stereocenters. The lowest BCUT2D eigenvalue weighted by Crippen LogP contribution is -3.11. The van der Waals surface area contributed by atoms with E-state index in [9.17, 15) is 9.90 Å². The zero-order valence-electron chi connectivity index (χ0n) is 19.1. The van der Waals surface area contributed by atoms with Gasteiger partial charge < -0.3 is 10.0 Å². The fourth-order valence-electron chi connectivity index (χ4n) is 3.76. The average Bonchev–Trinajstić information content (AvgIpc) is 3.04. The molecule has 0 aliphatic heterocycles. The fourth-order valence-corrected chi connectivity index (χ4v) is 4.12. The largest absolute Gasteiger partial charge is 0.493 e. The summed E-state index contributed by atoms with van der Waals surface area (Å²) in [6.07, 6.45) is 4.56. The molecule has 1 amide bonds. The Labute approximate surface area is 198 Å². The first-order valence-electron chi connectivity index (χ1n) is 11.3. The van der Waals surface area contributed by atoms with E-state index >= 15 is 0 Å². The molecule has 0 bridgehead atoms. The normalized spacial score (nSPS) is 11.8. The molecule has 6 nitrogen and oxygen atoms in total. The molecule has 170 valence electrons. The van der Waals surface area contributed by atoms with Crippen LogP contribution >= 0.6 is 15.9 Å². The Morgan fingerprint density at radius 1 is 1.06 bits per heavy atom. The van der Waals surface area contributed by atoms with Crippen LogP contribution in [0, 0.1) is 6.92 Å². The van der Waals surface area contributed by atoms with Crippen molar-refractivity contribution >= 4 is 38.4 Å². The van der Waals surface area contributed by atoms with Gasteiger partial charge in [0.05, 0.1) is 18.6 Å². The van der Waals surface area contributed by atoms with Crippen molar-refractivity contribution in [3.8, 4) is 5.88 Å². The summed E-state index contributed by atoms with van der Waals surface area (Å²) < 4.78 is 2.78. The molecular formula is C25H32BrN4O2+. The third-order valence-corrected chi connectivity index (χ3v) is 6.15. The average molecular weight is 500 g/mol. The molecular weight excluding hydrogens is 468 g/mol. The number of hydrogen-bond donors (Lipinski definition) is 2. The van der Waals surface area contributed by atoms with Gasteiger partial charge in [-0.05, 0) is 50.1 Å². The van der Waals surface area contributed by atoms with Gasteiger partial charge in [0.2, 0.25) is 5.88 Å². The molecule has 3 rings (SSSR count). The number of unbranched alkanes of at least 4 members (excludes halogenated alkanes) is 2. The van der Waals surface area contributed by atoms with Crippen LogP contribution in [0.25, 0.3) is 10.9 Å². The summed E-state index contributed by atoms with van der Waals surface area (Å²) >= 11 is 3.51. The van der Waals surface area contributed by atoms with Crippen molar-refractivity contribution in [2.45, 2.75) is 53.1 Å². The zero-order valence-corrected chi connectivity index (χ0v) is 20.7. The highest BCUT2D eigenvalue weighted by molar-refractivity contribution is 9.10. The highest BCUT2D eigenvalue weighted by atomic mass is 79.9. The summed E-state index contributed by atoms with van der Waals surface area (Å²) in [5.74, 6) is -0.387. The van der Waals surface area contributed by atoms with E-state index in [-0.39, 0.29) is 5.88 Å². The van der Waals surface area contributed by atoms with Gasteiger partial charge in [0, 0.05) is 15.4 Å². The lowest BCUT2D eigenvalue weighted by molar-refractivity contribution is -0.923. The van der Waals surface area contributed by atoms with Crippen molar-refractivity contribution in [1.82, 2.24) is 4.57 Å². The second-order valence-electron chi connectivity index (χ2n) is 8.25. The minimum Gasteiger partial charge on any atom is -0.493 e. The number of azo groups is 1. The van der Waals surface area contributed by atoms with Gasteiger partial charge in [-0.25, -0.2) is 0 Å². The van der Waals surface area contributed by atoms with Crippen LogP contribution in [0.5, 0.6) is 5.88 Å². The number of rotatable bonds is 10. The fraction of sp³-hybridized carbons (Fsp3) is 0.400. The van der Waals surface area contributed by atoms with Crippen molar-refractivity contribution in [2.24, 2.45) is 10.2 Å². The van der Waals surface area contributed by atoms with Gasteiger partial charge in [0.1, 0.15) is 0 Å².